The van der Waals surface area contributed by atoms with Crippen molar-refractivity contribution in [1.82, 2.24) is 0 Å². The maximum absolute atomic E-state index is 13.9. The summed E-state index contributed by atoms with van der Waals surface area (Å²) in [5, 5.41) is 0. The van der Waals surface area contributed by atoms with Crippen molar-refractivity contribution in [2.24, 2.45) is 0 Å². The topological polar surface area (TPSA) is 6.48 Å². The number of hydrogen-bond acceptors (Lipinski definition) is 2. The Morgan fingerprint density at radius 1 is 0.694 bits per heavy atom. The van der Waals surface area contributed by atoms with Gasteiger partial charge in [-0.3, -0.25) is 0 Å². The van der Waals surface area contributed by atoms with Gasteiger partial charge in [0.1, 0.15) is 0 Å². The Balaban J connectivity index is 0.00000304. The normalized spacial score (nSPS) is 13.3. The standard InChI is InChI=1S/C30H25F3N2.Pt/c1-20-12-21-14-23(13-20)26-8-4-6-10-28(26)35(3)19-22-15-24(17-25(16-22)30(31,32)33)27-9-5-7-11-29(27)34(2)18-21;/h4-13,16-17H,18-19H2,1-3H3;/q-2;+4. The monoisotopic (exact) mass is 665 g/mol. The van der Waals surface area contributed by atoms with Gasteiger partial charge in [-0.25, -0.2) is 0 Å². The molecule has 0 aliphatic carbocycles. The van der Waals surface area contributed by atoms with Gasteiger partial charge in [0, 0.05) is 38.6 Å². The van der Waals surface area contributed by atoms with E-state index in [4.69, 9.17) is 0 Å². The number of aryl methyl sites for hydroxylation is 1. The fraction of sp³-hybridized carbons (Fsp3) is 0.200. The minimum atomic E-state index is -4.45. The van der Waals surface area contributed by atoms with E-state index in [0.29, 0.717) is 17.7 Å². The quantitative estimate of drug-likeness (QED) is 0.179. The fourth-order valence-corrected chi connectivity index (χ4v) is 4.79. The van der Waals surface area contributed by atoms with Crippen LogP contribution in [-0.4, -0.2) is 14.1 Å². The summed E-state index contributed by atoms with van der Waals surface area (Å²) in [5.74, 6) is 0. The van der Waals surface area contributed by atoms with Gasteiger partial charge in [-0.1, -0.05) is 54.4 Å². The van der Waals surface area contributed by atoms with Crippen molar-refractivity contribution in [2.75, 3.05) is 23.9 Å². The molecule has 4 bridgehead atoms. The third-order valence-corrected chi connectivity index (χ3v) is 6.35. The van der Waals surface area contributed by atoms with Crippen molar-refractivity contribution >= 4 is 11.4 Å². The van der Waals surface area contributed by atoms with Gasteiger partial charge in [-0.2, -0.15) is 13.2 Å². The van der Waals surface area contributed by atoms with E-state index in [9.17, 15) is 13.2 Å². The smallest absolute Gasteiger partial charge is 0.379 e. The molecule has 0 spiro atoms. The Morgan fingerprint density at radius 2 is 1.17 bits per heavy atom. The van der Waals surface area contributed by atoms with Crippen LogP contribution in [0.25, 0.3) is 22.3 Å². The maximum Gasteiger partial charge on any atom is 4.00 e. The van der Waals surface area contributed by atoms with Crippen LogP contribution in [0.4, 0.5) is 24.5 Å². The van der Waals surface area contributed by atoms with Gasteiger partial charge >= 0.3 is 27.2 Å². The SMILES string of the molecule is Cc1cc2[c-]c(c1)-c1ccccc1N(C)Cc1[c-]c(cc(C(F)(F)F)c1)-c1ccccc1N(C)C2.[Pt+4]. The van der Waals surface area contributed by atoms with Gasteiger partial charge < -0.3 is 9.80 Å². The Bertz CT molecular complexity index is 1400. The zero-order valence-corrected chi connectivity index (χ0v) is 22.5. The number of nitrogens with zero attached hydrogens (tertiary/aromatic N) is 2. The molecular formula is C30H25F3N2Pt+2. The van der Waals surface area contributed by atoms with Crippen molar-refractivity contribution in [3.8, 4) is 22.3 Å². The third-order valence-electron chi connectivity index (χ3n) is 6.35. The number of rotatable bonds is 0. The van der Waals surface area contributed by atoms with Crippen LogP contribution < -0.4 is 9.80 Å². The molecule has 0 radical (unpaired) electrons. The van der Waals surface area contributed by atoms with Crippen molar-refractivity contribution in [3.05, 3.63) is 107 Å². The summed E-state index contributed by atoms with van der Waals surface area (Å²) in [6.45, 7) is 2.92. The predicted molar refractivity (Wildman–Crippen MR) is 135 cm³/mol. The fourth-order valence-electron chi connectivity index (χ4n) is 4.79. The predicted octanol–water partition coefficient (Wildman–Crippen LogP) is 7.53. The number of para-hydroxylation sites is 2. The van der Waals surface area contributed by atoms with Gasteiger partial charge in [-0.05, 0) is 17.7 Å². The summed E-state index contributed by atoms with van der Waals surface area (Å²) in [7, 11) is 3.85. The molecule has 2 nitrogen and oxygen atoms in total. The summed E-state index contributed by atoms with van der Waals surface area (Å²) in [6, 6.07) is 29.0. The van der Waals surface area contributed by atoms with E-state index in [1.165, 1.54) is 12.1 Å². The largest absolute Gasteiger partial charge is 4.00 e. The van der Waals surface area contributed by atoms with Crippen LogP contribution in [0.3, 0.4) is 0 Å². The molecule has 0 saturated heterocycles. The molecule has 0 atom stereocenters. The summed E-state index contributed by atoms with van der Waals surface area (Å²) in [5.41, 5.74) is 6.85. The molecule has 4 aromatic rings. The van der Waals surface area contributed by atoms with Crippen LogP contribution in [0.5, 0.6) is 0 Å². The Hall–Kier alpha value is -3.04. The van der Waals surface area contributed by atoms with Gasteiger partial charge in [0.25, 0.3) is 0 Å². The maximum atomic E-state index is 13.9. The zero-order chi connectivity index (χ0) is 24.7. The van der Waals surface area contributed by atoms with E-state index >= 15 is 0 Å². The van der Waals surface area contributed by atoms with Crippen LogP contribution in [0.2, 0.25) is 0 Å². The molecule has 4 aromatic carbocycles. The zero-order valence-electron chi connectivity index (χ0n) is 20.2. The second-order valence-electron chi connectivity index (χ2n) is 9.15. The van der Waals surface area contributed by atoms with E-state index in [0.717, 1.165) is 39.2 Å². The van der Waals surface area contributed by atoms with Crippen molar-refractivity contribution in [1.29, 1.82) is 0 Å². The van der Waals surface area contributed by atoms with E-state index in [-0.39, 0.29) is 27.6 Å². The number of alkyl halides is 3. The summed E-state index contributed by atoms with van der Waals surface area (Å²) in [4.78, 5) is 4.03. The van der Waals surface area contributed by atoms with Crippen LogP contribution in [0.15, 0.2) is 72.8 Å². The molecule has 36 heavy (non-hydrogen) atoms. The van der Waals surface area contributed by atoms with E-state index in [2.05, 4.69) is 36.1 Å². The molecule has 0 amide bonds. The van der Waals surface area contributed by atoms with E-state index in [1.807, 2.05) is 67.5 Å². The molecule has 1 aliphatic rings. The first-order valence-corrected chi connectivity index (χ1v) is 11.5. The molecule has 0 fully saturated rings. The van der Waals surface area contributed by atoms with E-state index in [1.54, 1.807) is 0 Å². The number of hydrogen-bond donors (Lipinski definition) is 0. The number of halogens is 3. The third kappa shape index (κ3) is 5.22. The van der Waals surface area contributed by atoms with Crippen LogP contribution in [0.1, 0.15) is 22.3 Å². The molecule has 184 valence electrons. The number of fused-ring (bicyclic) bond motifs is 8. The first-order valence-electron chi connectivity index (χ1n) is 11.5. The minimum absolute atomic E-state index is 0. The van der Waals surface area contributed by atoms with Crippen LogP contribution in [-0.2, 0) is 40.3 Å². The van der Waals surface area contributed by atoms with Gasteiger partial charge in [0.2, 0.25) is 0 Å². The molecule has 0 aromatic heterocycles. The van der Waals surface area contributed by atoms with Crippen LogP contribution in [0, 0.1) is 19.1 Å². The summed E-state index contributed by atoms with van der Waals surface area (Å²) in [6.07, 6.45) is -4.45. The minimum Gasteiger partial charge on any atom is -0.379 e. The summed E-state index contributed by atoms with van der Waals surface area (Å²) < 4.78 is 41.7. The van der Waals surface area contributed by atoms with E-state index < -0.39 is 11.7 Å². The van der Waals surface area contributed by atoms with Gasteiger partial charge in [-0.15, -0.1) is 64.2 Å². The Morgan fingerprint density at radius 3 is 1.69 bits per heavy atom. The molecule has 0 unspecified atom stereocenters. The average Bonchev–Trinajstić information content (AvgIpc) is 2.82. The molecule has 1 aliphatic heterocycles. The average molecular weight is 666 g/mol. The first kappa shape index (κ1) is 26.0. The molecule has 5 rings (SSSR count). The van der Waals surface area contributed by atoms with Crippen molar-refractivity contribution in [3.63, 3.8) is 0 Å². The second kappa shape index (κ2) is 10.1. The number of benzene rings is 4. The second-order valence-corrected chi connectivity index (χ2v) is 9.15. The number of anilines is 2. The van der Waals surface area contributed by atoms with Gasteiger partial charge in [0.05, 0.1) is 0 Å². The first-order chi connectivity index (χ1) is 16.7. The molecule has 6 heteroatoms. The van der Waals surface area contributed by atoms with Crippen molar-refractivity contribution < 1.29 is 34.2 Å². The molecule has 0 saturated carbocycles. The Kier molecular flexibility index (Phi) is 7.33. The Labute approximate surface area is 224 Å². The van der Waals surface area contributed by atoms with Crippen LogP contribution >= 0.6 is 0 Å². The molecule has 0 N–H and O–H groups in total. The molecule has 1 heterocycles. The van der Waals surface area contributed by atoms with Crippen molar-refractivity contribution in [2.45, 2.75) is 26.2 Å². The summed E-state index contributed by atoms with van der Waals surface area (Å²) >= 11 is 0. The van der Waals surface area contributed by atoms with Gasteiger partial charge in [0.15, 0.2) is 0 Å². The molecular weight excluding hydrogens is 640 g/mol.